The van der Waals surface area contributed by atoms with Crippen LogP contribution in [0.25, 0.3) is 0 Å². The molecule has 0 unspecified atom stereocenters. The molecule has 0 bridgehead atoms. The van der Waals surface area contributed by atoms with Crippen molar-refractivity contribution >= 4 is 5.91 Å². The van der Waals surface area contributed by atoms with Crippen molar-refractivity contribution in [3.63, 3.8) is 0 Å². The Morgan fingerprint density at radius 2 is 2.06 bits per heavy atom. The van der Waals surface area contributed by atoms with Crippen molar-refractivity contribution in [3.8, 4) is 0 Å². The lowest BCUT2D eigenvalue weighted by molar-refractivity contribution is -0.132. The van der Waals surface area contributed by atoms with Crippen LogP contribution < -0.4 is 0 Å². The molecule has 2 nitrogen and oxygen atoms in total. The van der Waals surface area contributed by atoms with Gasteiger partial charge in [-0.2, -0.15) is 0 Å². The summed E-state index contributed by atoms with van der Waals surface area (Å²) in [5.74, 6) is 0.673. The first-order valence-corrected chi connectivity index (χ1v) is 5.66. The number of carbonyl (C=O) groups excluding carboxylic acids is 1. The molecule has 0 N–H and O–H groups in total. The van der Waals surface area contributed by atoms with Gasteiger partial charge in [0.1, 0.15) is 0 Å². The molecule has 16 heavy (non-hydrogen) atoms. The molecule has 0 spiro atoms. The van der Waals surface area contributed by atoms with Gasteiger partial charge in [-0.1, -0.05) is 36.4 Å². The van der Waals surface area contributed by atoms with Crippen molar-refractivity contribution in [2.24, 2.45) is 5.92 Å². The van der Waals surface area contributed by atoms with E-state index < -0.39 is 0 Å². The zero-order valence-corrected chi connectivity index (χ0v) is 9.65. The summed E-state index contributed by atoms with van der Waals surface area (Å²) in [6.07, 6.45) is 2.46. The maximum absolute atomic E-state index is 11.2. The molecule has 1 aliphatic heterocycles. The lowest BCUT2D eigenvalue weighted by atomic mass is 9.92. The van der Waals surface area contributed by atoms with E-state index in [1.807, 2.05) is 4.90 Å². The van der Waals surface area contributed by atoms with Gasteiger partial charge in [-0.05, 0) is 30.9 Å². The van der Waals surface area contributed by atoms with Gasteiger partial charge in [0, 0.05) is 13.1 Å². The molecule has 0 atom stereocenters. The molecular weight excluding hydrogens is 198 g/mol. The van der Waals surface area contributed by atoms with Gasteiger partial charge in [-0.25, -0.2) is 0 Å². The average molecular weight is 215 g/mol. The Kier molecular flexibility index (Phi) is 3.09. The number of likely N-dealkylation sites (tertiary alicyclic amines) is 1. The predicted octanol–water partition coefficient (Wildman–Crippen LogP) is 2.18. The van der Waals surface area contributed by atoms with E-state index in [1.54, 1.807) is 0 Å². The van der Waals surface area contributed by atoms with Crippen molar-refractivity contribution in [2.45, 2.75) is 13.3 Å². The molecule has 1 aromatic rings. The van der Waals surface area contributed by atoms with Crippen molar-refractivity contribution in [1.29, 1.82) is 0 Å². The van der Waals surface area contributed by atoms with E-state index in [2.05, 4.69) is 37.8 Å². The Hall–Kier alpha value is -1.57. The maximum Gasteiger partial charge on any atom is 0.245 e. The van der Waals surface area contributed by atoms with Crippen LogP contribution in [0.5, 0.6) is 0 Å². The molecule has 0 aliphatic carbocycles. The Balaban J connectivity index is 1.83. The highest BCUT2D eigenvalue weighted by atomic mass is 16.2. The first kappa shape index (κ1) is 10.9. The van der Waals surface area contributed by atoms with Crippen LogP contribution in [-0.4, -0.2) is 23.9 Å². The maximum atomic E-state index is 11.2. The fourth-order valence-electron chi connectivity index (χ4n) is 2.07. The first-order valence-electron chi connectivity index (χ1n) is 5.66. The van der Waals surface area contributed by atoms with Crippen molar-refractivity contribution < 1.29 is 4.79 Å². The Morgan fingerprint density at radius 3 is 2.62 bits per heavy atom. The third-order valence-corrected chi connectivity index (χ3v) is 3.09. The fourth-order valence-corrected chi connectivity index (χ4v) is 2.07. The largest absolute Gasteiger partial charge is 0.338 e. The second-order valence-electron chi connectivity index (χ2n) is 4.50. The molecule has 1 aliphatic rings. The summed E-state index contributed by atoms with van der Waals surface area (Å²) in [5, 5.41) is 0. The smallest absolute Gasteiger partial charge is 0.245 e. The Labute approximate surface area is 96.6 Å². The fraction of sp³-hybridized carbons (Fsp3) is 0.357. The van der Waals surface area contributed by atoms with Gasteiger partial charge in [0.05, 0.1) is 0 Å². The molecule has 2 heteroatoms. The van der Waals surface area contributed by atoms with Crippen LogP contribution in [0.3, 0.4) is 0 Å². The highest BCUT2D eigenvalue weighted by Gasteiger charge is 2.28. The van der Waals surface area contributed by atoms with E-state index >= 15 is 0 Å². The lowest BCUT2D eigenvalue weighted by Gasteiger charge is -2.38. The predicted molar refractivity (Wildman–Crippen MR) is 65.2 cm³/mol. The monoisotopic (exact) mass is 215 g/mol. The molecule has 2 rings (SSSR count). The van der Waals surface area contributed by atoms with Crippen LogP contribution in [0.1, 0.15) is 11.1 Å². The molecular formula is C14H17NO. The number of aryl methyl sites for hydroxylation is 1. The summed E-state index contributed by atoms with van der Waals surface area (Å²) >= 11 is 0. The summed E-state index contributed by atoms with van der Waals surface area (Å²) in [6, 6.07) is 8.63. The van der Waals surface area contributed by atoms with Gasteiger partial charge < -0.3 is 4.90 Å². The number of rotatable bonds is 3. The molecule has 1 aromatic carbocycles. The first-order chi connectivity index (χ1) is 7.69. The second kappa shape index (κ2) is 4.52. The SMILES string of the molecule is C=CC(=O)N1CC(Cc2ccc(C)cc2)C1. The number of nitrogens with zero attached hydrogens (tertiary/aromatic N) is 1. The topological polar surface area (TPSA) is 20.3 Å². The third kappa shape index (κ3) is 2.32. The van der Waals surface area contributed by atoms with Gasteiger partial charge in [0.25, 0.3) is 0 Å². The zero-order chi connectivity index (χ0) is 11.5. The minimum Gasteiger partial charge on any atom is -0.338 e. The molecule has 0 aromatic heterocycles. The standard InChI is InChI=1S/C14H17NO/c1-3-14(16)15-9-13(10-15)8-12-6-4-11(2)5-7-12/h3-7,13H,1,8-10H2,2H3. The Morgan fingerprint density at radius 1 is 1.44 bits per heavy atom. The zero-order valence-electron chi connectivity index (χ0n) is 9.65. The molecule has 1 fully saturated rings. The van der Waals surface area contributed by atoms with Crippen molar-refractivity contribution in [2.75, 3.05) is 13.1 Å². The quantitative estimate of drug-likeness (QED) is 0.708. The summed E-state index contributed by atoms with van der Waals surface area (Å²) in [6.45, 7) is 7.33. The van der Waals surface area contributed by atoms with Crippen LogP contribution in [0.15, 0.2) is 36.9 Å². The van der Waals surface area contributed by atoms with Crippen LogP contribution in [-0.2, 0) is 11.2 Å². The van der Waals surface area contributed by atoms with Crippen LogP contribution in [0.2, 0.25) is 0 Å². The lowest BCUT2D eigenvalue weighted by Crippen LogP contribution is -2.50. The van der Waals surface area contributed by atoms with E-state index in [1.165, 1.54) is 17.2 Å². The van der Waals surface area contributed by atoms with E-state index in [9.17, 15) is 4.79 Å². The highest BCUT2D eigenvalue weighted by Crippen LogP contribution is 2.20. The van der Waals surface area contributed by atoms with E-state index in [4.69, 9.17) is 0 Å². The summed E-state index contributed by atoms with van der Waals surface area (Å²) in [4.78, 5) is 13.1. The molecule has 1 heterocycles. The Bertz CT molecular complexity index is 388. The van der Waals surface area contributed by atoms with Crippen LogP contribution >= 0.6 is 0 Å². The number of benzene rings is 1. The van der Waals surface area contributed by atoms with Gasteiger partial charge >= 0.3 is 0 Å². The summed E-state index contributed by atoms with van der Waals surface area (Å²) in [7, 11) is 0. The number of hydrogen-bond acceptors (Lipinski definition) is 1. The average Bonchev–Trinajstić information content (AvgIpc) is 2.24. The number of carbonyl (C=O) groups is 1. The minimum absolute atomic E-state index is 0.0557. The second-order valence-corrected chi connectivity index (χ2v) is 4.50. The molecule has 0 radical (unpaired) electrons. The molecule has 1 saturated heterocycles. The van der Waals surface area contributed by atoms with E-state index in [0.29, 0.717) is 5.92 Å². The van der Waals surface area contributed by atoms with E-state index in [0.717, 1.165) is 19.5 Å². The normalized spacial score (nSPS) is 15.7. The van der Waals surface area contributed by atoms with Crippen LogP contribution in [0, 0.1) is 12.8 Å². The van der Waals surface area contributed by atoms with Crippen molar-refractivity contribution in [1.82, 2.24) is 4.90 Å². The minimum atomic E-state index is 0.0557. The molecule has 0 saturated carbocycles. The third-order valence-electron chi connectivity index (χ3n) is 3.09. The van der Waals surface area contributed by atoms with Gasteiger partial charge in [-0.15, -0.1) is 0 Å². The molecule has 84 valence electrons. The number of hydrogen-bond donors (Lipinski definition) is 0. The van der Waals surface area contributed by atoms with E-state index in [-0.39, 0.29) is 5.91 Å². The van der Waals surface area contributed by atoms with Crippen LogP contribution in [0.4, 0.5) is 0 Å². The summed E-state index contributed by atoms with van der Waals surface area (Å²) in [5.41, 5.74) is 2.65. The van der Waals surface area contributed by atoms with Crippen molar-refractivity contribution in [3.05, 3.63) is 48.0 Å². The summed E-state index contributed by atoms with van der Waals surface area (Å²) < 4.78 is 0. The van der Waals surface area contributed by atoms with Gasteiger partial charge in [-0.3, -0.25) is 4.79 Å². The highest BCUT2D eigenvalue weighted by molar-refractivity contribution is 5.87. The molecule has 1 amide bonds. The van der Waals surface area contributed by atoms with Gasteiger partial charge in [0.2, 0.25) is 5.91 Å². The number of amides is 1. The van der Waals surface area contributed by atoms with Gasteiger partial charge in [0.15, 0.2) is 0 Å².